The van der Waals surface area contributed by atoms with Crippen LogP contribution in [0.1, 0.15) is 30.0 Å². The molecule has 0 saturated heterocycles. The van der Waals surface area contributed by atoms with Gasteiger partial charge in [0.2, 0.25) is 11.7 Å². The van der Waals surface area contributed by atoms with Gasteiger partial charge < -0.3 is 19.3 Å². The van der Waals surface area contributed by atoms with Gasteiger partial charge in [-0.15, -0.1) is 11.8 Å². The van der Waals surface area contributed by atoms with Crippen LogP contribution < -0.4 is 10.1 Å². The fourth-order valence-corrected chi connectivity index (χ4v) is 2.86. The fourth-order valence-electron chi connectivity index (χ4n) is 2.20. The molecule has 0 aliphatic rings. The zero-order valence-corrected chi connectivity index (χ0v) is 16.9. The molecule has 1 aromatic heterocycles. The van der Waals surface area contributed by atoms with Crippen molar-refractivity contribution in [3.8, 4) is 5.75 Å². The van der Waals surface area contributed by atoms with Gasteiger partial charge in [0.1, 0.15) is 11.5 Å². The van der Waals surface area contributed by atoms with E-state index in [-0.39, 0.29) is 17.4 Å². The molecule has 9 heteroatoms. The molecule has 0 aliphatic carbocycles. The lowest BCUT2D eigenvalue weighted by molar-refractivity contribution is -0.143. The van der Waals surface area contributed by atoms with E-state index in [1.807, 2.05) is 0 Å². The summed E-state index contributed by atoms with van der Waals surface area (Å²) in [5.74, 6) is 0.265. The van der Waals surface area contributed by atoms with Crippen LogP contribution in [0.2, 0.25) is 0 Å². The molecule has 0 radical (unpaired) electrons. The largest absolute Gasteiger partial charge is 0.497 e. The van der Waals surface area contributed by atoms with Gasteiger partial charge in [-0.25, -0.2) is 0 Å². The molecule has 150 valence electrons. The lowest BCUT2D eigenvalue weighted by atomic mass is 10.1. The van der Waals surface area contributed by atoms with Crippen LogP contribution in [0.4, 0.5) is 5.82 Å². The second-order valence-electron chi connectivity index (χ2n) is 5.99. The minimum absolute atomic E-state index is 0.0628. The Morgan fingerprint density at radius 1 is 1.21 bits per heavy atom. The molecule has 2 atom stereocenters. The number of rotatable bonds is 9. The van der Waals surface area contributed by atoms with E-state index >= 15 is 0 Å². The van der Waals surface area contributed by atoms with Gasteiger partial charge in [0.25, 0.3) is 0 Å². The van der Waals surface area contributed by atoms with Gasteiger partial charge in [-0.2, -0.15) is 0 Å². The topological polar surface area (TPSA) is 108 Å². The molecule has 28 heavy (non-hydrogen) atoms. The maximum absolute atomic E-state index is 12.3. The number of esters is 1. The normalized spacial score (nSPS) is 12.7. The predicted octanol–water partition coefficient (Wildman–Crippen LogP) is 2.87. The quantitative estimate of drug-likeness (QED) is 0.500. The van der Waals surface area contributed by atoms with Crippen molar-refractivity contribution in [3.05, 3.63) is 41.7 Å². The average molecular weight is 406 g/mol. The highest BCUT2D eigenvalue weighted by Crippen LogP contribution is 2.16. The molecule has 0 fully saturated rings. The molecule has 1 aromatic carbocycles. The van der Waals surface area contributed by atoms with E-state index in [9.17, 15) is 14.4 Å². The Balaban J connectivity index is 1.78. The number of methoxy groups -OCH3 is 1. The number of aromatic nitrogens is 1. The van der Waals surface area contributed by atoms with E-state index < -0.39 is 17.3 Å². The minimum atomic E-state index is -0.927. The van der Waals surface area contributed by atoms with Crippen molar-refractivity contribution in [2.75, 3.05) is 18.2 Å². The number of nitrogens with one attached hydrogen (secondary N) is 1. The number of carbonyl (C=O) groups is 3. The van der Waals surface area contributed by atoms with E-state index in [0.717, 1.165) is 11.8 Å². The minimum Gasteiger partial charge on any atom is -0.497 e. The van der Waals surface area contributed by atoms with Crippen LogP contribution in [0, 0.1) is 6.92 Å². The van der Waals surface area contributed by atoms with Crippen LogP contribution >= 0.6 is 11.8 Å². The predicted molar refractivity (Wildman–Crippen MR) is 105 cm³/mol. The second-order valence-corrected chi connectivity index (χ2v) is 7.32. The molecule has 0 bridgehead atoms. The first kappa shape index (κ1) is 21.5. The monoisotopic (exact) mass is 406 g/mol. The SMILES string of the molecule is COc1ccc(C(=O)[C@H](C)OC(=O)CS[C@@H](C)C(=O)Nc2cc(C)on2)cc1. The number of nitrogens with zero attached hydrogens (tertiary/aromatic N) is 1. The van der Waals surface area contributed by atoms with E-state index in [0.29, 0.717) is 22.9 Å². The summed E-state index contributed by atoms with van der Waals surface area (Å²) < 4.78 is 15.1. The van der Waals surface area contributed by atoms with Crippen LogP contribution in [0.25, 0.3) is 0 Å². The molecular formula is C19H22N2O6S. The first-order chi connectivity index (χ1) is 13.3. The van der Waals surface area contributed by atoms with E-state index in [1.165, 1.54) is 14.0 Å². The van der Waals surface area contributed by atoms with E-state index in [2.05, 4.69) is 10.5 Å². The van der Waals surface area contributed by atoms with Crippen molar-refractivity contribution >= 4 is 35.2 Å². The third-order valence-electron chi connectivity index (χ3n) is 3.75. The van der Waals surface area contributed by atoms with Crippen molar-refractivity contribution in [2.24, 2.45) is 0 Å². The number of thioether (sulfide) groups is 1. The Hall–Kier alpha value is -2.81. The lowest BCUT2D eigenvalue weighted by Crippen LogP contribution is -2.27. The molecule has 2 aromatic rings. The van der Waals surface area contributed by atoms with Gasteiger partial charge in [-0.3, -0.25) is 14.4 Å². The first-order valence-electron chi connectivity index (χ1n) is 8.53. The Morgan fingerprint density at radius 2 is 1.89 bits per heavy atom. The van der Waals surface area contributed by atoms with Crippen molar-refractivity contribution in [1.29, 1.82) is 0 Å². The summed E-state index contributed by atoms with van der Waals surface area (Å²) >= 11 is 1.10. The number of ketones is 1. The number of anilines is 1. The molecule has 2 rings (SSSR count). The molecule has 1 N–H and O–H groups in total. The molecule has 1 amide bonds. The molecular weight excluding hydrogens is 384 g/mol. The number of carbonyl (C=O) groups excluding carboxylic acids is 3. The average Bonchev–Trinajstić information content (AvgIpc) is 3.10. The van der Waals surface area contributed by atoms with Crippen LogP contribution in [0.5, 0.6) is 5.75 Å². The van der Waals surface area contributed by atoms with Crippen molar-refractivity contribution < 1.29 is 28.4 Å². The van der Waals surface area contributed by atoms with Crippen molar-refractivity contribution in [3.63, 3.8) is 0 Å². The molecule has 8 nitrogen and oxygen atoms in total. The maximum Gasteiger partial charge on any atom is 0.316 e. The molecule has 1 heterocycles. The number of hydrogen-bond donors (Lipinski definition) is 1. The van der Waals surface area contributed by atoms with Gasteiger partial charge in [-0.1, -0.05) is 5.16 Å². The van der Waals surface area contributed by atoms with Crippen molar-refractivity contribution in [1.82, 2.24) is 5.16 Å². The number of benzene rings is 1. The molecule has 0 spiro atoms. The van der Waals surface area contributed by atoms with Gasteiger partial charge in [0.15, 0.2) is 11.9 Å². The Labute approximate surface area is 166 Å². The van der Waals surface area contributed by atoms with Crippen LogP contribution in [0.3, 0.4) is 0 Å². The summed E-state index contributed by atoms with van der Waals surface area (Å²) in [7, 11) is 1.53. The van der Waals surface area contributed by atoms with E-state index in [4.69, 9.17) is 14.0 Å². The lowest BCUT2D eigenvalue weighted by Gasteiger charge is -2.14. The zero-order valence-electron chi connectivity index (χ0n) is 16.1. The summed E-state index contributed by atoms with van der Waals surface area (Å²) in [6.07, 6.45) is -0.927. The highest BCUT2D eigenvalue weighted by atomic mass is 32.2. The smallest absolute Gasteiger partial charge is 0.316 e. The molecule has 0 saturated carbocycles. The Morgan fingerprint density at radius 3 is 2.46 bits per heavy atom. The third kappa shape index (κ3) is 6.12. The zero-order chi connectivity index (χ0) is 20.7. The van der Waals surface area contributed by atoms with Gasteiger partial charge in [0, 0.05) is 11.6 Å². The maximum atomic E-state index is 12.3. The third-order valence-corrected chi connectivity index (χ3v) is 4.87. The highest BCUT2D eigenvalue weighted by molar-refractivity contribution is 8.01. The van der Waals surface area contributed by atoms with Gasteiger partial charge in [-0.05, 0) is 45.0 Å². The number of hydrogen-bond acceptors (Lipinski definition) is 8. The standard InChI is InChI=1S/C19H22N2O6S/c1-11-9-16(21-27-11)20-19(24)13(3)28-10-17(22)26-12(2)18(23)14-5-7-15(25-4)8-6-14/h5-9,12-13H,10H2,1-4H3,(H,20,21,24)/t12-,13-/m0/s1. The molecule has 0 aliphatic heterocycles. The van der Waals surface area contributed by atoms with Crippen LogP contribution in [0.15, 0.2) is 34.9 Å². The summed E-state index contributed by atoms with van der Waals surface area (Å²) in [5, 5.41) is 5.76. The van der Waals surface area contributed by atoms with Gasteiger partial charge in [0.05, 0.1) is 18.1 Å². The number of amides is 1. The molecule has 0 unspecified atom stereocenters. The van der Waals surface area contributed by atoms with Gasteiger partial charge >= 0.3 is 5.97 Å². The highest BCUT2D eigenvalue weighted by Gasteiger charge is 2.22. The van der Waals surface area contributed by atoms with Crippen molar-refractivity contribution in [2.45, 2.75) is 32.1 Å². The second kappa shape index (κ2) is 9.93. The van der Waals surface area contributed by atoms with Crippen LogP contribution in [-0.4, -0.2) is 47.0 Å². The number of aryl methyl sites for hydroxylation is 1. The number of Topliss-reactive ketones (excluding diaryl/α,β-unsaturated/α-hetero) is 1. The summed E-state index contributed by atoms with van der Waals surface area (Å²) in [5.41, 5.74) is 0.421. The summed E-state index contributed by atoms with van der Waals surface area (Å²) in [6, 6.07) is 8.13. The van der Waals surface area contributed by atoms with Crippen LogP contribution in [-0.2, 0) is 14.3 Å². The summed E-state index contributed by atoms with van der Waals surface area (Å²) in [4.78, 5) is 36.4. The Kier molecular flexibility index (Phi) is 7.62. The fraction of sp³-hybridized carbons (Fsp3) is 0.368. The summed E-state index contributed by atoms with van der Waals surface area (Å²) in [6.45, 7) is 4.88. The number of ether oxygens (including phenoxy) is 2. The first-order valence-corrected chi connectivity index (χ1v) is 9.58. The van der Waals surface area contributed by atoms with E-state index in [1.54, 1.807) is 44.2 Å². The Bertz CT molecular complexity index is 833.